The van der Waals surface area contributed by atoms with Crippen LogP contribution < -0.4 is 10.9 Å². The minimum Gasteiger partial charge on any atom is -0.325 e. The Balaban J connectivity index is 1.69. The zero-order valence-corrected chi connectivity index (χ0v) is 14.7. The summed E-state index contributed by atoms with van der Waals surface area (Å²) >= 11 is 3.43. The Labute approximate surface area is 147 Å². The number of para-hydroxylation sites is 1. The molecule has 0 saturated carbocycles. The number of halogens is 1. The third-order valence-electron chi connectivity index (χ3n) is 3.65. The van der Waals surface area contributed by atoms with Gasteiger partial charge in [0.1, 0.15) is 5.82 Å². The number of fused-ring (bicyclic) bond motifs is 1. The highest BCUT2D eigenvalue weighted by Crippen LogP contribution is 2.23. The Bertz CT molecular complexity index is 966. The smallest absolute Gasteiger partial charge is 0.258 e. The number of carbonyl (C=O) groups is 1. The molecule has 0 aliphatic rings. The first-order chi connectivity index (χ1) is 11.5. The number of aromatic nitrogens is 2. The molecule has 1 aromatic heterocycles. The fourth-order valence-electron chi connectivity index (χ4n) is 2.42. The molecule has 24 heavy (non-hydrogen) atoms. The number of H-pyrrole nitrogens is 1. The third kappa shape index (κ3) is 3.71. The number of benzene rings is 2. The van der Waals surface area contributed by atoms with E-state index < -0.39 is 0 Å². The predicted octanol–water partition coefficient (Wildman–Crippen LogP) is 3.57. The lowest BCUT2D eigenvalue weighted by molar-refractivity contribution is -0.116. The molecule has 6 heteroatoms. The summed E-state index contributed by atoms with van der Waals surface area (Å²) in [5.74, 6) is 0.382. The molecular weight excluding hydrogens is 370 g/mol. The van der Waals surface area contributed by atoms with Gasteiger partial charge in [-0.05, 0) is 52.7 Å². The van der Waals surface area contributed by atoms with Crippen molar-refractivity contribution >= 4 is 38.4 Å². The van der Waals surface area contributed by atoms with Gasteiger partial charge in [0.05, 0.1) is 16.6 Å². The molecule has 0 saturated heterocycles. The van der Waals surface area contributed by atoms with Crippen LogP contribution in [0.3, 0.4) is 0 Å². The summed E-state index contributed by atoms with van der Waals surface area (Å²) in [6.45, 7) is 1.98. The molecule has 0 bridgehead atoms. The molecule has 3 aromatic rings. The van der Waals surface area contributed by atoms with Crippen LogP contribution in [0, 0.1) is 6.92 Å². The molecule has 122 valence electrons. The molecule has 0 unspecified atom stereocenters. The highest BCUT2D eigenvalue weighted by molar-refractivity contribution is 9.10. The first-order valence-electron chi connectivity index (χ1n) is 7.57. The molecular formula is C18H16BrN3O2. The van der Waals surface area contributed by atoms with Gasteiger partial charge in [-0.1, -0.05) is 18.2 Å². The Kier molecular flexibility index (Phi) is 4.76. The quantitative estimate of drug-likeness (QED) is 0.720. The van der Waals surface area contributed by atoms with E-state index in [0.29, 0.717) is 23.1 Å². The third-order valence-corrected chi connectivity index (χ3v) is 4.31. The van der Waals surface area contributed by atoms with Gasteiger partial charge in [0, 0.05) is 17.3 Å². The summed E-state index contributed by atoms with van der Waals surface area (Å²) in [5, 5.41) is 3.40. The first-order valence-corrected chi connectivity index (χ1v) is 8.36. The van der Waals surface area contributed by atoms with Crippen molar-refractivity contribution in [3.05, 3.63) is 68.7 Å². The molecule has 0 aliphatic heterocycles. The van der Waals surface area contributed by atoms with Gasteiger partial charge in [-0.15, -0.1) is 0 Å². The van der Waals surface area contributed by atoms with Crippen LogP contribution in [-0.2, 0) is 11.2 Å². The van der Waals surface area contributed by atoms with Crippen LogP contribution in [0.25, 0.3) is 10.9 Å². The first kappa shape index (κ1) is 16.4. The number of hydrogen-bond donors (Lipinski definition) is 2. The van der Waals surface area contributed by atoms with Crippen LogP contribution in [0.4, 0.5) is 5.69 Å². The van der Waals surface area contributed by atoms with Gasteiger partial charge in [0.15, 0.2) is 0 Å². The zero-order valence-electron chi connectivity index (χ0n) is 13.1. The van der Waals surface area contributed by atoms with Gasteiger partial charge in [0.2, 0.25) is 5.91 Å². The number of amides is 1. The van der Waals surface area contributed by atoms with Crippen molar-refractivity contribution in [3.8, 4) is 0 Å². The van der Waals surface area contributed by atoms with Crippen molar-refractivity contribution in [3.63, 3.8) is 0 Å². The zero-order chi connectivity index (χ0) is 17.1. The van der Waals surface area contributed by atoms with Crippen LogP contribution in [0.2, 0.25) is 0 Å². The maximum atomic E-state index is 12.1. The van der Waals surface area contributed by atoms with Crippen molar-refractivity contribution in [2.45, 2.75) is 19.8 Å². The largest absolute Gasteiger partial charge is 0.325 e. The summed E-state index contributed by atoms with van der Waals surface area (Å²) in [7, 11) is 0. The van der Waals surface area contributed by atoms with Crippen molar-refractivity contribution in [1.82, 2.24) is 9.97 Å². The second-order valence-electron chi connectivity index (χ2n) is 5.56. The Morgan fingerprint density at radius 1 is 1.25 bits per heavy atom. The number of rotatable bonds is 4. The van der Waals surface area contributed by atoms with Crippen LogP contribution in [0.1, 0.15) is 17.8 Å². The van der Waals surface area contributed by atoms with E-state index in [9.17, 15) is 9.59 Å². The fraction of sp³-hybridized carbons (Fsp3) is 0.167. The molecule has 0 radical (unpaired) electrons. The van der Waals surface area contributed by atoms with Gasteiger partial charge >= 0.3 is 0 Å². The monoisotopic (exact) mass is 385 g/mol. The number of anilines is 1. The van der Waals surface area contributed by atoms with Gasteiger partial charge in [0.25, 0.3) is 5.56 Å². The average Bonchev–Trinajstić information content (AvgIpc) is 2.56. The lowest BCUT2D eigenvalue weighted by atomic mass is 10.2. The van der Waals surface area contributed by atoms with E-state index in [2.05, 4.69) is 31.2 Å². The summed E-state index contributed by atoms with van der Waals surface area (Å²) < 4.78 is 0.841. The lowest BCUT2D eigenvalue weighted by Gasteiger charge is -2.08. The standard InChI is InChI=1S/C18H16BrN3O2/c1-11-6-7-15(13(19)10-11)21-17(23)9-8-16-20-14-5-3-2-4-12(14)18(24)22-16/h2-7,10H,8-9H2,1H3,(H,21,23)(H,20,22,24). The second kappa shape index (κ2) is 6.97. The van der Waals surface area contributed by atoms with Crippen LogP contribution >= 0.6 is 15.9 Å². The minimum atomic E-state index is -0.183. The number of nitrogens with zero attached hydrogens (tertiary/aromatic N) is 1. The Morgan fingerprint density at radius 2 is 2.04 bits per heavy atom. The van der Waals surface area contributed by atoms with E-state index in [1.165, 1.54) is 0 Å². The number of aryl methyl sites for hydroxylation is 2. The molecule has 0 fully saturated rings. The molecule has 2 N–H and O–H groups in total. The van der Waals surface area contributed by atoms with E-state index in [-0.39, 0.29) is 17.9 Å². The number of aromatic amines is 1. The van der Waals surface area contributed by atoms with Gasteiger partial charge < -0.3 is 10.3 Å². The van der Waals surface area contributed by atoms with Crippen LogP contribution in [0.15, 0.2) is 51.7 Å². The molecule has 5 nitrogen and oxygen atoms in total. The highest BCUT2D eigenvalue weighted by atomic mass is 79.9. The van der Waals surface area contributed by atoms with E-state index in [0.717, 1.165) is 15.7 Å². The summed E-state index contributed by atoms with van der Waals surface area (Å²) in [6.07, 6.45) is 0.608. The number of hydrogen-bond acceptors (Lipinski definition) is 3. The molecule has 0 atom stereocenters. The normalized spacial score (nSPS) is 10.8. The van der Waals surface area contributed by atoms with Crippen molar-refractivity contribution in [2.24, 2.45) is 0 Å². The highest BCUT2D eigenvalue weighted by Gasteiger charge is 2.08. The van der Waals surface area contributed by atoms with E-state index in [1.807, 2.05) is 31.2 Å². The predicted molar refractivity (Wildman–Crippen MR) is 98.2 cm³/mol. The summed E-state index contributed by atoms with van der Waals surface area (Å²) in [5.41, 5.74) is 2.29. The molecule has 1 amide bonds. The topological polar surface area (TPSA) is 74.8 Å². The van der Waals surface area contributed by atoms with Gasteiger partial charge in [-0.2, -0.15) is 0 Å². The number of carbonyl (C=O) groups excluding carboxylic acids is 1. The molecule has 0 spiro atoms. The van der Waals surface area contributed by atoms with Gasteiger partial charge in [-0.25, -0.2) is 4.98 Å². The van der Waals surface area contributed by atoms with Crippen molar-refractivity contribution < 1.29 is 4.79 Å². The molecule has 0 aliphatic carbocycles. The fourth-order valence-corrected chi connectivity index (χ4v) is 3.01. The van der Waals surface area contributed by atoms with E-state index in [1.54, 1.807) is 18.2 Å². The number of nitrogens with one attached hydrogen (secondary N) is 2. The maximum absolute atomic E-state index is 12.1. The van der Waals surface area contributed by atoms with Crippen LogP contribution in [0.5, 0.6) is 0 Å². The van der Waals surface area contributed by atoms with Crippen molar-refractivity contribution in [2.75, 3.05) is 5.32 Å². The SMILES string of the molecule is Cc1ccc(NC(=O)CCc2nc3ccccc3c(=O)[nH]2)c(Br)c1. The van der Waals surface area contributed by atoms with Gasteiger partial charge in [-0.3, -0.25) is 9.59 Å². The average molecular weight is 386 g/mol. The maximum Gasteiger partial charge on any atom is 0.258 e. The second-order valence-corrected chi connectivity index (χ2v) is 6.42. The van der Waals surface area contributed by atoms with E-state index in [4.69, 9.17) is 0 Å². The molecule has 2 aromatic carbocycles. The van der Waals surface area contributed by atoms with Crippen LogP contribution in [-0.4, -0.2) is 15.9 Å². The Morgan fingerprint density at radius 3 is 2.83 bits per heavy atom. The molecule has 1 heterocycles. The Hall–Kier alpha value is -2.47. The van der Waals surface area contributed by atoms with Crippen molar-refractivity contribution in [1.29, 1.82) is 0 Å². The minimum absolute atomic E-state index is 0.129. The molecule has 3 rings (SSSR count). The lowest BCUT2D eigenvalue weighted by Crippen LogP contribution is -2.16. The van der Waals surface area contributed by atoms with E-state index >= 15 is 0 Å². The summed E-state index contributed by atoms with van der Waals surface area (Å²) in [4.78, 5) is 31.3. The summed E-state index contributed by atoms with van der Waals surface area (Å²) in [6, 6.07) is 12.9.